The number of nitrogens with zero attached hydrogens (tertiary/aromatic N) is 2. The molecular formula is C12H19N3O2. The molecule has 0 saturated carbocycles. The number of aryl methyl sites for hydroxylation is 1. The lowest BCUT2D eigenvalue weighted by molar-refractivity contribution is -0.385. The zero-order valence-corrected chi connectivity index (χ0v) is 10.6. The van der Waals surface area contributed by atoms with E-state index in [-0.39, 0.29) is 5.69 Å². The summed E-state index contributed by atoms with van der Waals surface area (Å²) >= 11 is 0. The third-order valence-corrected chi connectivity index (χ3v) is 2.84. The molecule has 5 heteroatoms. The van der Waals surface area contributed by atoms with Crippen LogP contribution in [0.5, 0.6) is 0 Å². The van der Waals surface area contributed by atoms with Crippen LogP contribution in [-0.2, 0) is 6.42 Å². The van der Waals surface area contributed by atoms with Crippen LogP contribution in [0, 0.1) is 17.0 Å². The zero-order valence-electron chi connectivity index (χ0n) is 10.6. The lowest BCUT2D eigenvalue weighted by atomic mass is 10.0. The van der Waals surface area contributed by atoms with Crippen molar-refractivity contribution in [1.29, 1.82) is 0 Å². The van der Waals surface area contributed by atoms with Crippen LogP contribution in [-0.4, -0.2) is 23.0 Å². The van der Waals surface area contributed by atoms with Crippen LogP contribution in [0.2, 0.25) is 0 Å². The molecule has 0 aliphatic carbocycles. The van der Waals surface area contributed by atoms with Gasteiger partial charge in [0.1, 0.15) is 6.20 Å². The molecule has 0 aliphatic rings. The molecule has 0 saturated heterocycles. The van der Waals surface area contributed by atoms with Gasteiger partial charge in [0.15, 0.2) is 0 Å². The minimum absolute atomic E-state index is 0.0882. The highest BCUT2D eigenvalue weighted by atomic mass is 16.6. The Kier molecular flexibility index (Phi) is 5.03. The second-order valence-corrected chi connectivity index (χ2v) is 4.20. The van der Waals surface area contributed by atoms with Gasteiger partial charge in [0, 0.05) is 23.7 Å². The SMILES string of the molecule is CCCC(Cc1cc(C)c([N+](=O)[O-])cn1)NC. The van der Waals surface area contributed by atoms with E-state index in [4.69, 9.17) is 0 Å². The average molecular weight is 237 g/mol. The Morgan fingerprint density at radius 3 is 2.76 bits per heavy atom. The standard InChI is InChI=1S/C12H19N3O2/c1-4-5-10(13-3)7-11-6-9(2)12(8-14-11)15(16)17/h6,8,10,13H,4-5,7H2,1-3H3. The van der Waals surface area contributed by atoms with Gasteiger partial charge in [-0.15, -0.1) is 0 Å². The number of hydrogen-bond acceptors (Lipinski definition) is 4. The summed E-state index contributed by atoms with van der Waals surface area (Å²) in [6.45, 7) is 3.89. The van der Waals surface area contributed by atoms with Gasteiger partial charge in [-0.3, -0.25) is 15.1 Å². The predicted molar refractivity (Wildman–Crippen MR) is 67.1 cm³/mol. The van der Waals surface area contributed by atoms with Crippen LogP contribution in [0.3, 0.4) is 0 Å². The molecule has 1 rings (SSSR count). The van der Waals surface area contributed by atoms with Crippen molar-refractivity contribution in [3.63, 3.8) is 0 Å². The molecule has 1 atom stereocenters. The Labute approximate surface area is 101 Å². The molecule has 1 unspecified atom stereocenters. The first kappa shape index (κ1) is 13.6. The van der Waals surface area contributed by atoms with Crippen molar-refractivity contribution >= 4 is 5.69 Å². The van der Waals surface area contributed by atoms with Gasteiger partial charge in [-0.25, -0.2) is 0 Å². The molecule has 0 amide bonds. The van der Waals surface area contributed by atoms with Crippen molar-refractivity contribution in [3.05, 3.63) is 33.6 Å². The third-order valence-electron chi connectivity index (χ3n) is 2.84. The molecule has 0 bridgehead atoms. The largest absolute Gasteiger partial charge is 0.317 e. The number of aromatic nitrogens is 1. The molecule has 0 fully saturated rings. The van der Waals surface area contributed by atoms with Crippen molar-refractivity contribution in [1.82, 2.24) is 10.3 Å². The maximum absolute atomic E-state index is 10.7. The van der Waals surface area contributed by atoms with Crippen LogP contribution in [0.15, 0.2) is 12.3 Å². The molecule has 0 aliphatic heterocycles. The van der Waals surface area contributed by atoms with E-state index in [0.29, 0.717) is 11.6 Å². The van der Waals surface area contributed by atoms with Crippen molar-refractivity contribution in [2.24, 2.45) is 0 Å². The van der Waals surface area contributed by atoms with Crippen molar-refractivity contribution in [2.75, 3.05) is 7.05 Å². The molecule has 1 heterocycles. The number of rotatable bonds is 6. The molecule has 17 heavy (non-hydrogen) atoms. The predicted octanol–water partition coefficient (Wildman–Crippen LogP) is 2.23. The van der Waals surface area contributed by atoms with Gasteiger partial charge in [-0.2, -0.15) is 0 Å². The van der Waals surface area contributed by atoms with Gasteiger partial charge in [0.05, 0.1) is 4.92 Å². The third kappa shape index (κ3) is 3.78. The minimum Gasteiger partial charge on any atom is -0.317 e. The highest BCUT2D eigenvalue weighted by Crippen LogP contribution is 2.17. The van der Waals surface area contributed by atoms with Crippen LogP contribution in [0.25, 0.3) is 0 Å². The number of likely N-dealkylation sites (N-methyl/N-ethyl adjacent to an activating group) is 1. The van der Waals surface area contributed by atoms with Gasteiger partial charge >= 0.3 is 0 Å². The molecule has 1 aromatic rings. The Morgan fingerprint density at radius 1 is 1.59 bits per heavy atom. The highest BCUT2D eigenvalue weighted by molar-refractivity contribution is 5.37. The summed E-state index contributed by atoms with van der Waals surface area (Å²) < 4.78 is 0. The van der Waals surface area contributed by atoms with Gasteiger partial charge in [-0.1, -0.05) is 13.3 Å². The Morgan fingerprint density at radius 2 is 2.29 bits per heavy atom. The first-order chi connectivity index (χ1) is 8.08. The normalized spacial score (nSPS) is 12.4. The fourth-order valence-electron chi connectivity index (χ4n) is 1.86. The quantitative estimate of drug-likeness (QED) is 0.608. The van der Waals surface area contributed by atoms with E-state index < -0.39 is 4.92 Å². The summed E-state index contributed by atoms with van der Waals surface area (Å²) in [5.74, 6) is 0. The lowest BCUT2D eigenvalue weighted by Gasteiger charge is -2.14. The fourth-order valence-corrected chi connectivity index (χ4v) is 1.86. The van der Waals surface area contributed by atoms with Gasteiger partial charge in [0.25, 0.3) is 5.69 Å². The Bertz CT molecular complexity index is 393. The molecule has 0 spiro atoms. The minimum atomic E-state index is -0.395. The van der Waals surface area contributed by atoms with Crippen LogP contribution < -0.4 is 5.32 Å². The zero-order chi connectivity index (χ0) is 12.8. The van der Waals surface area contributed by atoms with E-state index in [1.165, 1.54) is 6.20 Å². The first-order valence-corrected chi connectivity index (χ1v) is 5.85. The van der Waals surface area contributed by atoms with E-state index in [0.717, 1.165) is 25.0 Å². The van der Waals surface area contributed by atoms with Gasteiger partial charge < -0.3 is 5.32 Å². The highest BCUT2D eigenvalue weighted by Gasteiger charge is 2.13. The maximum atomic E-state index is 10.7. The second-order valence-electron chi connectivity index (χ2n) is 4.20. The maximum Gasteiger partial charge on any atom is 0.290 e. The molecule has 0 radical (unpaired) electrons. The molecule has 0 aromatic carbocycles. The summed E-state index contributed by atoms with van der Waals surface area (Å²) in [6, 6.07) is 2.19. The molecule has 1 aromatic heterocycles. The van der Waals surface area contributed by atoms with Crippen molar-refractivity contribution in [2.45, 2.75) is 39.2 Å². The summed E-state index contributed by atoms with van der Waals surface area (Å²) in [7, 11) is 1.93. The van der Waals surface area contributed by atoms with E-state index in [1.54, 1.807) is 13.0 Å². The molecule has 5 nitrogen and oxygen atoms in total. The van der Waals surface area contributed by atoms with Crippen LogP contribution in [0.4, 0.5) is 5.69 Å². The Balaban J connectivity index is 2.79. The lowest BCUT2D eigenvalue weighted by Crippen LogP contribution is -2.27. The molecule has 1 N–H and O–H groups in total. The average Bonchev–Trinajstić information content (AvgIpc) is 2.28. The molecule has 94 valence electrons. The van der Waals surface area contributed by atoms with Crippen LogP contribution in [0.1, 0.15) is 31.0 Å². The number of pyridine rings is 1. The summed E-state index contributed by atoms with van der Waals surface area (Å²) in [5, 5.41) is 13.9. The first-order valence-electron chi connectivity index (χ1n) is 5.85. The van der Waals surface area contributed by atoms with Crippen molar-refractivity contribution < 1.29 is 4.92 Å². The van der Waals surface area contributed by atoms with E-state index in [9.17, 15) is 10.1 Å². The summed E-state index contributed by atoms with van der Waals surface area (Å²) in [6.07, 6.45) is 4.35. The fraction of sp³-hybridized carbons (Fsp3) is 0.583. The Hall–Kier alpha value is -1.49. The van der Waals surface area contributed by atoms with E-state index in [2.05, 4.69) is 17.2 Å². The topological polar surface area (TPSA) is 68.1 Å². The number of nitrogens with one attached hydrogen (secondary N) is 1. The number of hydrogen-bond donors (Lipinski definition) is 1. The van der Waals surface area contributed by atoms with Crippen molar-refractivity contribution in [3.8, 4) is 0 Å². The van der Waals surface area contributed by atoms with E-state index >= 15 is 0 Å². The van der Waals surface area contributed by atoms with E-state index in [1.807, 2.05) is 7.05 Å². The summed E-state index contributed by atoms with van der Waals surface area (Å²) in [5.41, 5.74) is 1.66. The summed E-state index contributed by atoms with van der Waals surface area (Å²) in [4.78, 5) is 14.4. The monoisotopic (exact) mass is 237 g/mol. The smallest absolute Gasteiger partial charge is 0.290 e. The van der Waals surface area contributed by atoms with Gasteiger partial charge in [0.2, 0.25) is 0 Å². The second kappa shape index (κ2) is 6.30. The molecular weight excluding hydrogens is 218 g/mol. The van der Waals surface area contributed by atoms with Crippen LogP contribution >= 0.6 is 0 Å². The van der Waals surface area contributed by atoms with Gasteiger partial charge in [-0.05, 0) is 26.5 Å². The number of nitro groups is 1.